The molecular weight excluding hydrogens is 487 g/mol. The number of likely N-dealkylation sites (tertiary alicyclic amines) is 1. The topological polar surface area (TPSA) is 75.6 Å². The molecule has 0 spiro atoms. The minimum Gasteiger partial charge on any atom is -0.444 e. The Bertz CT molecular complexity index is 523. The third-order valence-corrected chi connectivity index (χ3v) is 4.83. The van der Waals surface area contributed by atoms with E-state index in [-0.39, 0.29) is 30.1 Å². The third kappa shape index (κ3) is 9.69. The average Bonchev–Trinajstić information content (AvgIpc) is 3.35. The van der Waals surface area contributed by atoms with Gasteiger partial charge in [0.1, 0.15) is 5.60 Å². The van der Waals surface area contributed by atoms with Crippen LogP contribution in [-0.4, -0.2) is 93.7 Å². The number of carbonyl (C=O) groups is 1. The lowest BCUT2D eigenvalue weighted by molar-refractivity contribution is 0.0237. The highest BCUT2D eigenvalue weighted by Crippen LogP contribution is 2.28. The summed E-state index contributed by atoms with van der Waals surface area (Å²) in [5.74, 6) is 1.40. The Hall–Kier alpha value is -0.810. The molecule has 8 nitrogen and oxygen atoms in total. The van der Waals surface area contributed by atoms with E-state index in [4.69, 9.17) is 14.2 Å². The molecule has 0 aromatic heterocycles. The zero-order valence-electron chi connectivity index (χ0n) is 18.6. The van der Waals surface area contributed by atoms with Crippen molar-refractivity contribution in [2.24, 2.45) is 10.9 Å². The van der Waals surface area contributed by atoms with E-state index < -0.39 is 5.60 Å². The lowest BCUT2D eigenvalue weighted by atomic mass is 10.1. The first-order chi connectivity index (χ1) is 13.3. The van der Waals surface area contributed by atoms with Crippen molar-refractivity contribution in [3.63, 3.8) is 0 Å². The second-order valence-electron chi connectivity index (χ2n) is 8.55. The number of hydrogen-bond acceptors (Lipinski definition) is 5. The summed E-state index contributed by atoms with van der Waals surface area (Å²) in [6.45, 7) is 10.9. The van der Waals surface area contributed by atoms with Gasteiger partial charge in [-0.15, -0.1) is 24.0 Å². The van der Waals surface area contributed by atoms with Crippen LogP contribution in [0.3, 0.4) is 0 Å². The van der Waals surface area contributed by atoms with Gasteiger partial charge >= 0.3 is 6.09 Å². The SMILES string of the molecule is CN=C(NCCN(C(=O)OC(C)(C)C)C1CC1)N1CCC(COCCOC)C1.I. The van der Waals surface area contributed by atoms with E-state index in [1.807, 2.05) is 25.7 Å². The van der Waals surface area contributed by atoms with Gasteiger partial charge in [-0.3, -0.25) is 4.99 Å². The summed E-state index contributed by atoms with van der Waals surface area (Å²) in [4.78, 5) is 21.0. The van der Waals surface area contributed by atoms with Gasteiger partial charge in [-0.25, -0.2) is 4.79 Å². The maximum absolute atomic E-state index is 12.4. The van der Waals surface area contributed by atoms with Crippen LogP contribution in [-0.2, 0) is 14.2 Å². The quantitative estimate of drug-likeness (QED) is 0.216. The van der Waals surface area contributed by atoms with Gasteiger partial charge in [0, 0.05) is 52.3 Å². The van der Waals surface area contributed by atoms with Crippen molar-refractivity contribution in [1.82, 2.24) is 15.1 Å². The molecule has 0 aromatic carbocycles. The summed E-state index contributed by atoms with van der Waals surface area (Å²) in [5.41, 5.74) is -0.469. The fourth-order valence-corrected chi connectivity index (χ4v) is 3.30. The molecule has 1 amide bonds. The van der Waals surface area contributed by atoms with Crippen molar-refractivity contribution in [1.29, 1.82) is 0 Å². The number of aliphatic imine (C=N–C) groups is 1. The molecule has 2 fully saturated rings. The normalized spacial score (nSPS) is 19.7. The van der Waals surface area contributed by atoms with Crippen LogP contribution in [0.15, 0.2) is 4.99 Å². The summed E-state index contributed by atoms with van der Waals surface area (Å²) >= 11 is 0. The third-order valence-electron chi connectivity index (χ3n) is 4.83. The Balaban J connectivity index is 0.00000420. The number of carbonyl (C=O) groups excluding carboxylic acids is 1. The van der Waals surface area contributed by atoms with Gasteiger partial charge in [0.25, 0.3) is 0 Å². The number of nitrogens with one attached hydrogen (secondary N) is 1. The molecule has 0 aromatic rings. The second kappa shape index (κ2) is 12.8. The van der Waals surface area contributed by atoms with Crippen LogP contribution in [0.4, 0.5) is 4.79 Å². The Morgan fingerprint density at radius 3 is 2.55 bits per heavy atom. The van der Waals surface area contributed by atoms with Crippen LogP contribution < -0.4 is 5.32 Å². The van der Waals surface area contributed by atoms with E-state index in [0.29, 0.717) is 38.3 Å². The summed E-state index contributed by atoms with van der Waals surface area (Å²) in [7, 11) is 3.49. The van der Waals surface area contributed by atoms with Gasteiger partial charge < -0.3 is 29.3 Å². The Labute approximate surface area is 192 Å². The molecule has 1 saturated heterocycles. The summed E-state index contributed by atoms with van der Waals surface area (Å²) in [5, 5.41) is 3.40. The number of ether oxygens (including phenoxy) is 3. The van der Waals surface area contributed by atoms with E-state index in [9.17, 15) is 4.79 Å². The van der Waals surface area contributed by atoms with E-state index in [1.165, 1.54) is 0 Å². The molecule has 1 saturated carbocycles. The summed E-state index contributed by atoms with van der Waals surface area (Å²) in [6.07, 6.45) is 3.00. The molecule has 1 heterocycles. The van der Waals surface area contributed by atoms with Crippen molar-refractivity contribution < 1.29 is 19.0 Å². The largest absolute Gasteiger partial charge is 0.444 e. The maximum atomic E-state index is 12.4. The smallest absolute Gasteiger partial charge is 0.410 e. The van der Waals surface area contributed by atoms with Crippen LogP contribution in [0, 0.1) is 5.92 Å². The zero-order valence-corrected chi connectivity index (χ0v) is 20.9. The molecular formula is C20H39IN4O4. The highest BCUT2D eigenvalue weighted by molar-refractivity contribution is 14.0. The van der Waals surface area contributed by atoms with Crippen LogP contribution in [0.1, 0.15) is 40.0 Å². The number of methoxy groups -OCH3 is 1. The molecule has 0 radical (unpaired) electrons. The molecule has 1 aliphatic heterocycles. The van der Waals surface area contributed by atoms with E-state index in [2.05, 4.69) is 15.2 Å². The monoisotopic (exact) mass is 526 g/mol. The van der Waals surface area contributed by atoms with Crippen molar-refractivity contribution in [3.8, 4) is 0 Å². The van der Waals surface area contributed by atoms with Crippen molar-refractivity contribution in [2.45, 2.75) is 51.7 Å². The lowest BCUT2D eigenvalue weighted by Crippen LogP contribution is -2.46. The predicted octanol–water partition coefficient (Wildman–Crippen LogP) is 2.56. The summed E-state index contributed by atoms with van der Waals surface area (Å²) < 4.78 is 16.2. The van der Waals surface area contributed by atoms with Crippen LogP contribution >= 0.6 is 24.0 Å². The molecule has 29 heavy (non-hydrogen) atoms. The molecule has 1 aliphatic carbocycles. The Kier molecular flexibility index (Phi) is 11.6. The Morgan fingerprint density at radius 1 is 1.24 bits per heavy atom. The molecule has 1 atom stereocenters. The molecule has 2 aliphatic rings. The van der Waals surface area contributed by atoms with Crippen LogP contribution in [0.25, 0.3) is 0 Å². The highest BCUT2D eigenvalue weighted by atomic mass is 127. The first-order valence-corrected chi connectivity index (χ1v) is 10.4. The molecule has 0 bridgehead atoms. The van der Waals surface area contributed by atoms with Gasteiger partial charge in [0.15, 0.2) is 5.96 Å². The second-order valence-corrected chi connectivity index (χ2v) is 8.55. The molecule has 170 valence electrons. The van der Waals surface area contributed by atoms with Crippen LogP contribution in [0.5, 0.6) is 0 Å². The average molecular weight is 526 g/mol. The highest BCUT2D eigenvalue weighted by Gasteiger charge is 2.35. The molecule has 1 unspecified atom stereocenters. The van der Waals surface area contributed by atoms with E-state index in [0.717, 1.165) is 44.9 Å². The van der Waals surface area contributed by atoms with Gasteiger partial charge in [0.2, 0.25) is 0 Å². The fourth-order valence-electron chi connectivity index (χ4n) is 3.30. The number of halogens is 1. The summed E-state index contributed by atoms with van der Waals surface area (Å²) in [6, 6.07) is 0.319. The molecule has 2 rings (SSSR count). The van der Waals surface area contributed by atoms with Crippen molar-refractivity contribution in [2.75, 3.05) is 60.2 Å². The van der Waals surface area contributed by atoms with E-state index >= 15 is 0 Å². The Morgan fingerprint density at radius 2 is 1.97 bits per heavy atom. The number of amides is 1. The van der Waals surface area contributed by atoms with Gasteiger partial charge in [-0.1, -0.05) is 0 Å². The van der Waals surface area contributed by atoms with E-state index in [1.54, 1.807) is 14.2 Å². The first kappa shape index (κ1) is 26.2. The minimum atomic E-state index is -0.469. The van der Waals surface area contributed by atoms with Gasteiger partial charge in [-0.05, 0) is 40.0 Å². The first-order valence-electron chi connectivity index (χ1n) is 10.4. The van der Waals surface area contributed by atoms with Crippen molar-refractivity contribution >= 4 is 36.0 Å². The molecule has 1 N–H and O–H groups in total. The number of guanidine groups is 1. The standard InChI is InChI=1S/C20H38N4O4.HI/c1-20(2,3)28-19(25)24(17-6-7-17)11-9-22-18(21-4)23-10-8-16(14-23)15-27-13-12-26-5;/h16-17H,6-15H2,1-5H3,(H,21,22);1H. The number of hydrogen-bond donors (Lipinski definition) is 1. The number of rotatable bonds is 9. The van der Waals surface area contributed by atoms with Gasteiger partial charge in [-0.2, -0.15) is 0 Å². The predicted molar refractivity (Wildman–Crippen MR) is 125 cm³/mol. The number of nitrogens with zero attached hydrogens (tertiary/aromatic N) is 3. The van der Waals surface area contributed by atoms with Crippen LogP contribution in [0.2, 0.25) is 0 Å². The minimum absolute atomic E-state index is 0. The zero-order chi connectivity index (χ0) is 20.6. The fraction of sp³-hybridized carbons (Fsp3) is 0.900. The van der Waals surface area contributed by atoms with Crippen molar-refractivity contribution in [3.05, 3.63) is 0 Å². The molecule has 9 heteroatoms. The van der Waals surface area contributed by atoms with Gasteiger partial charge in [0.05, 0.1) is 19.8 Å². The maximum Gasteiger partial charge on any atom is 0.410 e. The lowest BCUT2D eigenvalue weighted by Gasteiger charge is -2.28.